The number of benzene rings is 2. The van der Waals surface area contributed by atoms with Crippen LogP contribution in [0.4, 0.5) is 13.2 Å². The van der Waals surface area contributed by atoms with E-state index in [-0.39, 0.29) is 36.2 Å². The van der Waals surface area contributed by atoms with E-state index >= 15 is 0 Å². The number of hydrogen-bond acceptors (Lipinski definition) is 7. The van der Waals surface area contributed by atoms with Crippen LogP contribution in [0.25, 0.3) is 0 Å². The molecule has 3 aromatic rings. The number of halogens is 3. The quantitative estimate of drug-likeness (QED) is 0.414. The van der Waals surface area contributed by atoms with Gasteiger partial charge in [0.1, 0.15) is 34.6 Å². The normalized spacial score (nSPS) is 24.2. The van der Waals surface area contributed by atoms with Crippen molar-refractivity contribution < 1.29 is 37.0 Å². The maximum atomic E-state index is 14.3. The minimum absolute atomic E-state index is 0.00690. The van der Waals surface area contributed by atoms with E-state index in [9.17, 15) is 27.6 Å². The van der Waals surface area contributed by atoms with Gasteiger partial charge in [0, 0.05) is 55.9 Å². The summed E-state index contributed by atoms with van der Waals surface area (Å²) in [7, 11) is 1.55. The molecule has 44 heavy (non-hydrogen) atoms. The minimum atomic E-state index is -1.18. The number of carbonyl (C=O) groups excluding carboxylic acids is 2. The van der Waals surface area contributed by atoms with E-state index in [1.165, 1.54) is 6.20 Å². The van der Waals surface area contributed by atoms with E-state index in [1.807, 2.05) is 13.0 Å². The maximum absolute atomic E-state index is 14.3. The molecule has 4 heterocycles. The molecule has 3 aliphatic heterocycles. The molecule has 1 aromatic heterocycles. The molecule has 1 spiro atoms. The average Bonchev–Trinajstić information content (AvgIpc) is 3.38. The third-order valence-electron chi connectivity index (χ3n) is 8.37. The van der Waals surface area contributed by atoms with Crippen molar-refractivity contribution in [2.24, 2.45) is 0 Å². The highest BCUT2D eigenvalue weighted by atomic mass is 32.2. The number of nitrogens with zero attached hydrogens (tertiary/aromatic N) is 2. The van der Waals surface area contributed by atoms with Crippen molar-refractivity contribution in [1.82, 2.24) is 14.8 Å². The Balaban J connectivity index is 1.45. The van der Waals surface area contributed by atoms with Gasteiger partial charge in [-0.15, -0.1) is 11.8 Å². The van der Waals surface area contributed by atoms with E-state index in [0.717, 1.165) is 5.56 Å². The fourth-order valence-corrected chi connectivity index (χ4v) is 7.41. The van der Waals surface area contributed by atoms with Crippen LogP contribution in [0.2, 0.25) is 0 Å². The third-order valence-corrected chi connectivity index (χ3v) is 9.87. The van der Waals surface area contributed by atoms with E-state index in [2.05, 4.69) is 5.32 Å². The minimum Gasteiger partial charge on any atom is -0.483 e. The van der Waals surface area contributed by atoms with Gasteiger partial charge < -0.3 is 29.0 Å². The lowest BCUT2D eigenvalue weighted by Crippen LogP contribution is -2.52. The molecule has 2 saturated heterocycles. The van der Waals surface area contributed by atoms with Crippen LogP contribution >= 0.6 is 11.8 Å². The Bertz CT molecular complexity index is 1650. The zero-order valence-corrected chi connectivity index (χ0v) is 24.8. The SMILES string of the molecule is CO[C@@H]1CS[C@@]2(CC[C@H](C)N3C[C@H]2n2cc(C(=O)NCc4c(F)cc(F)cc4F)c(=O)c(OCc4ccccc4)c2C3=O)O1. The van der Waals surface area contributed by atoms with Gasteiger partial charge in [0.25, 0.3) is 11.8 Å². The Morgan fingerprint density at radius 1 is 1.16 bits per heavy atom. The van der Waals surface area contributed by atoms with Crippen LogP contribution in [-0.2, 0) is 22.6 Å². The summed E-state index contributed by atoms with van der Waals surface area (Å²) in [5, 5.41) is 2.37. The van der Waals surface area contributed by atoms with E-state index in [4.69, 9.17) is 14.2 Å². The number of amides is 2. The lowest BCUT2D eigenvalue weighted by Gasteiger charge is -2.42. The summed E-state index contributed by atoms with van der Waals surface area (Å²) < 4.78 is 61.5. The van der Waals surface area contributed by atoms with Crippen molar-refractivity contribution in [3.8, 4) is 5.75 Å². The Morgan fingerprint density at radius 3 is 2.57 bits per heavy atom. The second-order valence-corrected chi connectivity index (χ2v) is 12.3. The molecule has 13 heteroatoms. The smallest absolute Gasteiger partial charge is 0.274 e. The molecule has 232 valence electrons. The fourth-order valence-electron chi connectivity index (χ4n) is 5.97. The zero-order valence-electron chi connectivity index (χ0n) is 24.0. The molecule has 0 aliphatic carbocycles. The second kappa shape index (κ2) is 11.9. The zero-order chi connectivity index (χ0) is 31.2. The Kier molecular flexibility index (Phi) is 8.20. The van der Waals surface area contributed by atoms with Crippen LogP contribution in [0.1, 0.15) is 57.8 Å². The van der Waals surface area contributed by atoms with Gasteiger partial charge in [-0.3, -0.25) is 14.4 Å². The van der Waals surface area contributed by atoms with E-state index in [0.29, 0.717) is 30.7 Å². The summed E-state index contributed by atoms with van der Waals surface area (Å²) in [5.74, 6) is -4.59. The molecule has 4 atom stereocenters. The maximum Gasteiger partial charge on any atom is 0.274 e. The first-order valence-corrected chi connectivity index (χ1v) is 15.1. The molecule has 1 N–H and O–H groups in total. The van der Waals surface area contributed by atoms with Crippen LogP contribution in [-0.4, -0.2) is 58.0 Å². The number of nitrogens with one attached hydrogen (secondary N) is 1. The summed E-state index contributed by atoms with van der Waals surface area (Å²) in [6.07, 6.45) is 2.01. The van der Waals surface area contributed by atoms with Crippen LogP contribution < -0.4 is 15.5 Å². The van der Waals surface area contributed by atoms with E-state index in [1.54, 1.807) is 52.6 Å². The van der Waals surface area contributed by atoms with Gasteiger partial charge in [-0.1, -0.05) is 30.3 Å². The molecule has 2 amide bonds. The molecule has 3 aliphatic rings. The van der Waals surface area contributed by atoms with Gasteiger partial charge >= 0.3 is 0 Å². The monoisotopic (exact) mass is 629 g/mol. The predicted octanol–water partition coefficient (Wildman–Crippen LogP) is 4.39. The van der Waals surface area contributed by atoms with Gasteiger partial charge in [-0.2, -0.15) is 0 Å². The summed E-state index contributed by atoms with van der Waals surface area (Å²) in [4.78, 5) is 42.2. The van der Waals surface area contributed by atoms with Gasteiger partial charge in [0.15, 0.2) is 17.7 Å². The van der Waals surface area contributed by atoms with Crippen molar-refractivity contribution in [1.29, 1.82) is 0 Å². The molecular formula is C31H30F3N3O6S. The highest BCUT2D eigenvalue weighted by molar-refractivity contribution is 8.00. The molecule has 0 radical (unpaired) electrons. The number of ether oxygens (including phenoxy) is 3. The van der Waals surface area contributed by atoms with Gasteiger partial charge in [0.2, 0.25) is 5.43 Å². The lowest BCUT2D eigenvalue weighted by atomic mass is 10.0. The van der Waals surface area contributed by atoms with Gasteiger partial charge in [0.05, 0.1) is 6.04 Å². The first-order valence-electron chi connectivity index (χ1n) is 14.1. The Morgan fingerprint density at radius 2 is 1.89 bits per heavy atom. The predicted molar refractivity (Wildman–Crippen MR) is 155 cm³/mol. The molecule has 0 saturated carbocycles. The summed E-state index contributed by atoms with van der Waals surface area (Å²) in [6.45, 7) is 1.49. The van der Waals surface area contributed by atoms with E-state index < -0.39 is 64.1 Å². The molecule has 6 rings (SSSR count). The van der Waals surface area contributed by atoms with Gasteiger partial charge in [-0.25, -0.2) is 13.2 Å². The van der Waals surface area contributed by atoms with Crippen molar-refractivity contribution >= 4 is 23.6 Å². The molecule has 2 fully saturated rings. The summed E-state index contributed by atoms with van der Waals surface area (Å²) in [6, 6.07) is 9.34. The second-order valence-electron chi connectivity index (χ2n) is 11.0. The Hall–Kier alpha value is -3.81. The number of thioether (sulfide) groups is 1. The topological polar surface area (TPSA) is 99.1 Å². The van der Waals surface area contributed by atoms with Crippen molar-refractivity contribution in [2.45, 2.75) is 56.2 Å². The first-order chi connectivity index (χ1) is 21.1. The van der Waals surface area contributed by atoms with Crippen LogP contribution in [0.3, 0.4) is 0 Å². The number of methoxy groups -OCH3 is 1. The summed E-state index contributed by atoms with van der Waals surface area (Å²) in [5.41, 5.74) is -1.09. The molecule has 2 bridgehead atoms. The van der Waals surface area contributed by atoms with Crippen molar-refractivity contribution in [3.63, 3.8) is 0 Å². The molecule has 2 aromatic carbocycles. The highest BCUT2D eigenvalue weighted by Gasteiger charge is 2.54. The number of hydrogen-bond donors (Lipinski definition) is 1. The largest absolute Gasteiger partial charge is 0.483 e. The fraction of sp³-hybridized carbons (Fsp3) is 0.387. The average molecular weight is 630 g/mol. The highest BCUT2D eigenvalue weighted by Crippen LogP contribution is 2.52. The number of aromatic nitrogens is 1. The molecular weight excluding hydrogens is 599 g/mol. The third kappa shape index (κ3) is 5.37. The van der Waals surface area contributed by atoms with Gasteiger partial charge in [-0.05, 0) is 25.3 Å². The van der Waals surface area contributed by atoms with Crippen LogP contribution in [0.15, 0.2) is 53.5 Å². The number of pyridine rings is 1. The number of fused-ring (bicyclic) bond motifs is 5. The van der Waals surface area contributed by atoms with Crippen molar-refractivity contribution in [3.05, 3.63) is 98.7 Å². The van der Waals surface area contributed by atoms with Crippen LogP contribution in [0.5, 0.6) is 5.75 Å². The number of rotatable bonds is 7. The lowest BCUT2D eigenvalue weighted by molar-refractivity contribution is -0.155. The Labute approximate surface area is 255 Å². The van der Waals surface area contributed by atoms with Crippen LogP contribution in [0, 0.1) is 17.5 Å². The van der Waals surface area contributed by atoms with Crippen molar-refractivity contribution in [2.75, 3.05) is 19.4 Å². The standard InChI is InChI=1S/C31H30F3N3O6S/c1-17-8-9-31(43-25(41-2)16-44-31)24-14-36(17)30(40)26-28(42-15-18-6-4-3-5-7-18)27(38)21(13-37(24)26)29(39)35-12-20-22(33)10-19(32)11-23(20)34/h3-7,10-11,13,17,24-25H,8-9,12,14-16H2,1-2H3,(H,35,39)/t17-,24+,25-,31+/m0/s1. The first kappa shape index (κ1) is 30.2. The molecule has 9 nitrogen and oxygen atoms in total. The summed E-state index contributed by atoms with van der Waals surface area (Å²) >= 11 is 1.55. The molecule has 0 unspecified atom stereocenters. The number of carbonyl (C=O) groups is 2.